The van der Waals surface area contributed by atoms with Crippen LogP contribution in [0.4, 0.5) is 10.1 Å². The van der Waals surface area contributed by atoms with Gasteiger partial charge < -0.3 is 4.90 Å². The maximum atomic E-state index is 12.9. The Morgan fingerprint density at radius 3 is 2.76 bits per heavy atom. The molecule has 1 aliphatic heterocycles. The maximum absolute atomic E-state index is 12.9. The molecule has 0 N–H and O–H groups in total. The molecule has 0 amide bonds. The predicted octanol–water partition coefficient (Wildman–Crippen LogP) is 2.97. The van der Waals surface area contributed by atoms with Crippen LogP contribution >= 0.6 is 11.6 Å². The van der Waals surface area contributed by atoms with Crippen molar-refractivity contribution in [1.82, 2.24) is 0 Å². The second-order valence-electron chi connectivity index (χ2n) is 3.45. The number of nitro groups is 1. The third-order valence-corrected chi connectivity index (χ3v) is 2.66. The summed E-state index contributed by atoms with van der Waals surface area (Å²) in [6.07, 6.45) is 4.40. The molecule has 0 radical (unpaired) electrons. The molecular weight excluding hydrogens is 247 g/mol. The van der Waals surface area contributed by atoms with Crippen LogP contribution in [0.1, 0.15) is 0 Å². The van der Waals surface area contributed by atoms with E-state index in [9.17, 15) is 14.5 Å². The van der Waals surface area contributed by atoms with E-state index in [-0.39, 0.29) is 10.7 Å². The Balaban J connectivity index is 2.22. The first-order valence-electron chi connectivity index (χ1n) is 4.82. The summed E-state index contributed by atoms with van der Waals surface area (Å²) in [4.78, 5) is 11.7. The van der Waals surface area contributed by atoms with Crippen LogP contribution in [0.2, 0.25) is 5.02 Å². The van der Waals surface area contributed by atoms with Crippen LogP contribution in [-0.4, -0.2) is 11.5 Å². The van der Waals surface area contributed by atoms with Gasteiger partial charge in [-0.25, -0.2) is 4.39 Å². The zero-order valence-corrected chi connectivity index (χ0v) is 9.39. The average molecular weight is 255 g/mol. The number of nitrogens with zero attached hydrogens (tertiary/aromatic N) is 2. The second-order valence-corrected chi connectivity index (χ2v) is 3.86. The van der Waals surface area contributed by atoms with E-state index in [1.165, 1.54) is 30.4 Å². The van der Waals surface area contributed by atoms with Gasteiger partial charge in [-0.2, -0.15) is 0 Å². The predicted molar refractivity (Wildman–Crippen MR) is 63.0 cm³/mol. The molecule has 0 spiro atoms. The molecule has 0 bridgehead atoms. The van der Waals surface area contributed by atoms with Gasteiger partial charge in [0.1, 0.15) is 5.82 Å². The van der Waals surface area contributed by atoms with E-state index >= 15 is 0 Å². The first-order chi connectivity index (χ1) is 8.08. The molecule has 88 valence electrons. The van der Waals surface area contributed by atoms with E-state index in [1.54, 1.807) is 11.1 Å². The number of halogens is 2. The van der Waals surface area contributed by atoms with Crippen molar-refractivity contribution < 1.29 is 9.31 Å². The summed E-state index contributed by atoms with van der Waals surface area (Å²) >= 11 is 5.89. The van der Waals surface area contributed by atoms with Crippen LogP contribution in [0.5, 0.6) is 0 Å². The molecule has 4 nitrogen and oxygen atoms in total. The van der Waals surface area contributed by atoms with Gasteiger partial charge in [0.05, 0.1) is 15.6 Å². The molecule has 1 aliphatic rings. The van der Waals surface area contributed by atoms with E-state index in [0.29, 0.717) is 12.2 Å². The van der Waals surface area contributed by atoms with Gasteiger partial charge in [-0.3, -0.25) is 10.1 Å². The summed E-state index contributed by atoms with van der Waals surface area (Å²) in [5.74, 6) is -0.415. The van der Waals surface area contributed by atoms with Gasteiger partial charge in [-0.05, 0) is 18.2 Å². The lowest BCUT2D eigenvalue weighted by atomic mass is 10.2. The normalized spacial score (nSPS) is 14.7. The SMILES string of the molecule is O=[N+]([O-])C1=CCN(c2ccc(F)cc2Cl)C=C1. The number of allylic oxidation sites excluding steroid dienone is 1. The number of rotatable bonds is 2. The summed E-state index contributed by atoms with van der Waals surface area (Å²) in [5.41, 5.74) is 0.655. The lowest BCUT2D eigenvalue weighted by molar-refractivity contribution is -0.419. The summed E-state index contributed by atoms with van der Waals surface area (Å²) in [7, 11) is 0. The number of anilines is 1. The molecule has 1 heterocycles. The molecule has 0 aliphatic carbocycles. The van der Waals surface area contributed by atoms with Gasteiger partial charge in [0.2, 0.25) is 0 Å². The van der Waals surface area contributed by atoms with E-state index < -0.39 is 10.7 Å². The fourth-order valence-corrected chi connectivity index (χ4v) is 1.79. The van der Waals surface area contributed by atoms with Crippen LogP contribution in [0.15, 0.2) is 42.2 Å². The molecule has 6 heteroatoms. The monoisotopic (exact) mass is 254 g/mol. The zero-order chi connectivity index (χ0) is 12.4. The molecule has 1 aromatic rings. The summed E-state index contributed by atoms with van der Waals surface area (Å²) in [6.45, 7) is 0.332. The first-order valence-corrected chi connectivity index (χ1v) is 5.20. The first kappa shape index (κ1) is 11.6. The van der Waals surface area contributed by atoms with Gasteiger partial charge in [-0.1, -0.05) is 11.6 Å². The lowest BCUT2D eigenvalue weighted by Gasteiger charge is -2.21. The minimum atomic E-state index is -0.458. The molecule has 17 heavy (non-hydrogen) atoms. The highest BCUT2D eigenvalue weighted by molar-refractivity contribution is 6.33. The van der Waals surface area contributed by atoms with Crippen molar-refractivity contribution in [3.05, 3.63) is 63.2 Å². The van der Waals surface area contributed by atoms with Crippen molar-refractivity contribution in [2.75, 3.05) is 11.4 Å². The van der Waals surface area contributed by atoms with Crippen molar-refractivity contribution in [3.63, 3.8) is 0 Å². The number of hydrogen-bond donors (Lipinski definition) is 0. The van der Waals surface area contributed by atoms with E-state index in [2.05, 4.69) is 0 Å². The van der Waals surface area contributed by atoms with Crippen molar-refractivity contribution in [2.45, 2.75) is 0 Å². The molecule has 0 atom stereocenters. The Bertz CT molecular complexity index is 528. The largest absolute Gasteiger partial charge is 0.342 e. The van der Waals surface area contributed by atoms with Crippen molar-refractivity contribution >= 4 is 17.3 Å². The topological polar surface area (TPSA) is 46.4 Å². The Labute approximate surface area is 102 Å². The van der Waals surface area contributed by atoms with Gasteiger partial charge >= 0.3 is 0 Å². The number of benzene rings is 1. The standard InChI is InChI=1S/C11H8ClFN2O2/c12-10-7-8(13)1-2-11(10)14-5-3-9(4-6-14)15(16)17/h1-5,7H,6H2. The Hall–Kier alpha value is -1.88. The third kappa shape index (κ3) is 2.45. The highest BCUT2D eigenvalue weighted by Crippen LogP contribution is 2.28. The minimum Gasteiger partial charge on any atom is -0.342 e. The van der Waals surface area contributed by atoms with Gasteiger partial charge in [0.25, 0.3) is 5.70 Å². The van der Waals surface area contributed by atoms with E-state index in [4.69, 9.17) is 11.6 Å². The van der Waals surface area contributed by atoms with E-state index in [1.807, 2.05) is 0 Å². The van der Waals surface area contributed by atoms with Crippen LogP contribution in [-0.2, 0) is 0 Å². The van der Waals surface area contributed by atoms with Crippen LogP contribution in [0.25, 0.3) is 0 Å². The molecule has 0 fully saturated rings. The molecule has 1 aromatic carbocycles. The van der Waals surface area contributed by atoms with Crippen LogP contribution < -0.4 is 4.90 Å². The van der Waals surface area contributed by atoms with Crippen molar-refractivity contribution in [1.29, 1.82) is 0 Å². The zero-order valence-electron chi connectivity index (χ0n) is 8.64. The summed E-state index contributed by atoms with van der Waals surface area (Å²) in [5, 5.41) is 10.8. The molecule has 0 saturated carbocycles. The third-order valence-electron chi connectivity index (χ3n) is 2.35. The fraction of sp³-hybridized carbons (Fsp3) is 0.0909. The maximum Gasteiger partial charge on any atom is 0.268 e. The number of hydrogen-bond acceptors (Lipinski definition) is 3. The molecule has 0 aromatic heterocycles. The highest BCUT2D eigenvalue weighted by atomic mass is 35.5. The quantitative estimate of drug-likeness (QED) is 0.602. The average Bonchev–Trinajstić information content (AvgIpc) is 2.29. The Kier molecular flexibility index (Phi) is 3.10. The Morgan fingerprint density at radius 2 is 2.24 bits per heavy atom. The molecule has 0 unspecified atom stereocenters. The fourth-order valence-electron chi connectivity index (χ4n) is 1.52. The van der Waals surface area contributed by atoms with E-state index in [0.717, 1.165) is 0 Å². The molecule has 2 rings (SSSR count). The molecular formula is C11H8ClFN2O2. The Morgan fingerprint density at radius 1 is 1.47 bits per heavy atom. The lowest BCUT2D eigenvalue weighted by Crippen LogP contribution is -2.20. The second kappa shape index (κ2) is 4.55. The van der Waals surface area contributed by atoms with Crippen molar-refractivity contribution in [3.8, 4) is 0 Å². The van der Waals surface area contributed by atoms with Crippen LogP contribution in [0.3, 0.4) is 0 Å². The highest BCUT2D eigenvalue weighted by Gasteiger charge is 2.15. The van der Waals surface area contributed by atoms with Gasteiger partial charge in [0, 0.05) is 24.9 Å². The van der Waals surface area contributed by atoms with Gasteiger partial charge in [0.15, 0.2) is 0 Å². The summed E-state index contributed by atoms with van der Waals surface area (Å²) in [6, 6.07) is 4.03. The van der Waals surface area contributed by atoms with Crippen LogP contribution in [0, 0.1) is 15.9 Å². The molecule has 0 saturated heterocycles. The smallest absolute Gasteiger partial charge is 0.268 e. The summed E-state index contributed by atoms with van der Waals surface area (Å²) < 4.78 is 12.9. The van der Waals surface area contributed by atoms with Gasteiger partial charge in [-0.15, -0.1) is 0 Å². The van der Waals surface area contributed by atoms with Crippen molar-refractivity contribution in [2.24, 2.45) is 0 Å². The minimum absolute atomic E-state index is 0.0412.